The molecule has 6 heteroatoms. The zero-order chi connectivity index (χ0) is 21.8. The van der Waals surface area contributed by atoms with Crippen molar-refractivity contribution >= 4 is 5.97 Å². The van der Waals surface area contributed by atoms with Gasteiger partial charge in [-0.2, -0.15) is 0 Å². The number of rotatable bonds is 5. The van der Waals surface area contributed by atoms with Crippen molar-refractivity contribution in [2.75, 3.05) is 6.61 Å². The van der Waals surface area contributed by atoms with Gasteiger partial charge in [-0.3, -0.25) is 9.36 Å². The summed E-state index contributed by atoms with van der Waals surface area (Å²) in [7, 11) is 0. The second-order valence-corrected chi connectivity index (χ2v) is 7.66. The molecule has 1 aromatic heterocycles. The van der Waals surface area contributed by atoms with E-state index in [1.807, 2.05) is 26.0 Å². The molecule has 1 aliphatic heterocycles. The summed E-state index contributed by atoms with van der Waals surface area (Å²) in [5, 5.41) is 0. The van der Waals surface area contributed by atoms with Crippen molar-refractivity contribution in [3.63, 3.8) is 0 Å². The van der Waals surface area contributed by atoms with Crippen molar-refractivity contribution in [2.45, 2.75) is 46.1 Å². The first-order chi connectivity index (χ1) is 15.1. The fourth-order valence-corrected chi connectivity index (χ4v) is 3.84. The molecule has 0 fully saturated rings. The minimum atomic E-state index is -0.437. The third kappa shape index (κ3) is 4.53. The molecule has 160 valence electrons. The van der Waals surface area contributed by atoms with Gasteiger partial charge < -0.3 is 9.47 Å². The fraction of sp³-hybridized carbons (Fsp3) is 0.320. The number of aromatic nitrogens is 2. The standard InChI is InChI=1S/C25H26N2O4/c1-3-30-22-15-18(20-16-24(28)27-14-8-4-5-11-23(27)26-20)12-13-21(22)31-25(29)19-10-7-6-9-17(19)2/h6-7,9-10,12-13,15-16H,3-5,8,11,14H2,1-2H3. The van der Waals surface area contributed by atoms with Crippen molar-refractivity contribution in [1.29, 1.82) is 0 Å². The predicted molar refractivity (Wildman–Crippen MR) is 119 cm³/mol. The van der Waals surface area contributed by atoms with E-state index in [1.54, 1.807) is 41.0 Å². The van der Waals surface area contributed by atoms with Gasteiger partial charge in [0, 0.05) is 24.6 Å². The molecule has 4 rings (SSSR count). The Hall–Kier alpha value is -3.41. The molecule has 2 aromatic carbocycles. The monoisotopic (exact) mass is 418 g/mol. The summed E-state index contributed by atoms with van der Waals surface area (Å²) < 4.78 is 13.2. The fourth-order valence-electron chi connectivity index (χ4n) is 3.84. The van der Waals surface area contributed by atoms with E-state index in [9.17, 15) is 9.59 Å². The molecular weight excluding hydrogens is 392 g/mol. The van der Waals surface area contributed by atoms with Gasteiger partial charge in [0.2, 0.25) is 0 Å². The molecule has 0 saturated heterocycles. The van der Waals surface area contributed by atoms with Crippen LogP contribution in [0.1, 0.15) is 47.9 Å². The van der Waals surface area contributed by atoms with E-state index < -0.39 is 5.97 Å². The minimum Gasteiger partial charge on any atom is -0.490 e. The summed E-state index contributed by atoms with van der Waals surface area (Å²) in [5.41, 5.74) is 2.68. The highest BCUT2D eigenvalue weighted by molar-refractivity contribution is 5.93. The molecule has 0 amide bonds. The van der Waals surface area contributed by atoms with Gasteiger partial charge in [-0.05, 0) is 56.5 Å². The third-order valence-corrected chi connectivity index (χ3v) is 5.48. The second kappa shape index (κ2) is 9.16. The van der Waals surface area contributed by atoms with Gasteiger partial charge in [0.25, 0.3) is 5.56 Å². The predicted octanol–water partition coefficient (Wildman–Crippen LogP) is 4.56. The van der Waals surface area contributed by atoms with E-state index >= 15 is 0 Å². The topological polar surface area (TPSA) is 70.4 Å². The van der Waals surface area contributed by atoms with Crippen LogP contribution in [-0.2, 0) is 13.0 Å². The molecule has 3 aromatic rings. The number of fused-ring (bicyclic) bond motifs is 1. The smallest absolute Gasteiger partial charge is 0.343 e. The molecule has 0 radical (unpaired) electrons. The number of aryl methyl sites for hydroxylation is 2. The molecule has 0 N–H and O–H groups in total. The van der Waals surface area contributed by atoms with E-state index in [0.717, 1.165) is 49.2 Å². The van der Waals surface area contributed by atoms with E-state index in [1.165, 1.54) is 0 Å². The zero-order valence-corrected chi connectivity index (χ0v) is 17.9. The Labute approximate surface area is 181 Å². The lowest BCUT2D eigenvalue weighted by Crippen LogP contribution is -2.23. The van der Waals surface area contributed by atoms with E-state index in [0.29, 0.717) is 29.4 Å². The maximum absolute atomic E-state index is 12.6. The van der Waals surface area contributed by atoms with Gasteiger partial charge in [0.05, 0.1) is 17.9 Å². The average molecular weight is 418 g/mol. The van der Waals surface area contributed by atoms with E-state index in [-0.39, 0.29) is 5.56 Å². The second-order valence-electron chi connectivity index (χ2n) is 7.66. The summed E-state index contributed by atoms with van der Waals surface area (Å²) in [6, 6.07) is 14.1. The summed E-state index contributed by atoms with van der Waals surface area (Å²) >= 11 is 0. The summed E-state index contributed by atoms with van der Waals surface area (Å²) in [5.74, 6) is 1.17. The van der Waals surface area contributed by atoms with Crippen LogP contribution in [0, 0.1) is 6.92 Å². The maximum atomic E-state index is 12.6. The highest BCUT2D eigenvalue weighted by Gasteiger charge is 2.17. The van der Waals surface area contributed by atoms with Crippen LogP contribution >= 0.6 is 0 Å². The maximum Gasteiger partial charge on any atom is 0.343 e. The van der Waals surface area contributed by atoms with Gasteiger partial charge in [0.1, 0.15) is 5.82 Å². The number of nitrogens with zero attached hydrogens (tertiary/aromatic N) is 2. The van der Waals surface area contributed by atoms with Crippen LogP contribution < -0.4 is 15.0 Å². The Kier molecular flexibility index (Phi) is 6.16. The zero-order valence-electron chi connectivity index (χ0n) is 17.9. The molecule has 0 atom stereocenters. The number of benzene rings is 2. The average Bonchev–Trinajstić information content (AvgIpc) is 3.01. The molecular formula is C25H26N2O4. The normalized spacial score (nSPS) is 13.2. The Bertz CT molecular complexity index is 1170. The SMILES string of the molecule is CCOc1cc(-c2cc(=O)n3c(n2)CCCCC3)ccc1OC(=O)c1ccccc1C. The van der Waals surface area contributed by atoms with Crippen molar-refractivity contribution < 1.29 is 14.3 Å². The van der Waals surface area contributed by atoms with Crippen LogP contribution in [0.25, 0.3) is 11.3 Å². The quantitative estimate of drug-likeness (QED) is 0.449. The highest BCUT2D eigenvalue weighted by atomic mass is 16.6. The first-order valence-corrected chi connectivity index (χ1v) is 10.7. The van der Waals surface area contributed by atoms with Crippen LogP contribution in [0.2, 0.25) is 0 Å². The van der Waals surface area contributed by atoms with Gasteiger partial charge in [-0.15, -0.1) is 0 Å². The van der Waals surface area contributed by atoms with Crippen LogP contribution in [0.5, 0.6) is 11.5 Å². The molecule has 0 spiro atoms. The summed E-state index contributed by atoms with van der Waals surface area (Å²) in [6.07, 6.45) is 3.94. The van der Waals surface area contributed by atoms with Crippen LogP contribution in [-0.4, -0.2) is 22.1 Å². The van der Waals surface area contributed by atoms with Gasteiger partial charge in [-0.1, -0.05) is 24.6 Å². The van der Waals surface area contributed by atoms with Gasteiger partial charge in [-0.25, -0.2) is 9.78 Å². The van der Waals surface area contributed by atoms with Crippen LogP contribution in [0.15, 0.2) is 53.3 Å². The largest absolute Gasteiger partial charge is 0.490 e. The summed E-state index contributed by atoms with van der Waals surface area (Å²) in [6.45, 7) is 4.87. The van der Waals surface area contributed by atoms with Gasteiger partial charge in [0.15, 0.2) is 11.5 Å². The van der Waals surface area contributed by atoms with Crippen molar-refractivity contribution in [2.24, 2.45) is 0 Å². The van der Waals surface area contributed by atoms with Crippen LogP contribution in [0.4, 0.5) is 0 Å². The number of carbonyl (C=O) groups is 1. The highest BCUT2D eigenvalue weighted by Crippen LogP contribution is 2.33. The Morgan fingerprint density at radius 2 is 1.90 bits per heavy atom. The third-order valence-electron chi connectivity index (χ3n) is 5.48. The Morgan fingerprint density at radius 3 is 2.71 bits per heavy atom. The molecule has 1 aliphatic rings. The lowest BCUT2D eigenvalue weighted by atomic mass is 10.1. The number of ether oxygens (including phenoxy) is 2. The van der Waals surface area contributed by atoms with E-state index in [2.05, 4.69) is 0 Å². The first-order valence-electron chi connectivity index (χ1n) is 10.7. The molecule has 6 nitrogen and oxygen atoms in total. The van der Waals surface area contributed by atoms with Crippen molar-refractivity contribution in [3.8, 4) is 22.8 Å². The first kappa shape index (κ1) is 20.8. The lowest BCUT2D eigenvalue weighted by molar-refractivity contribution is 0.0727. The number of hydrogen-bond donors (Lipinski definition) is 0. The number of hydrogen-bond acceptors (Lipinski definition) is 5. The van der Waals surface area contributed by atoms with Gasteiger partial charge >= 0.3 is 5.97 Å². The Morgan fingerprint density at radius 1 is 1.06 bits per heavy atom. The van der Waals surface area contributed by atoms with Crippen molar-refractivity contribution in [3.05, 3.63) is 75.8 Å². The van der Waals surface area contributed by atoms with Crippen molar-refractivity contribution in [1.82, 2.24) is 9.55 Å². The number of esters is 1. The minimum absolute atomic E-state index is 0.0325. The molecule has 2 heterocycles. The van der Waals surface area contributed by atoms with E-state index in [4.69, 9.17) is 14.5 Å². The molecule has 0 unspecified atom stereocenters. The molecule has 0 aliphatic carbocycles. The number of carbonyl (C=O) groups excluding carboxylic acids is 1. The summed E-state index contributed by atoms with van der Waals surface area (Å²) in [4.78, 5) is 30.0. The molecule has 0 saturated carbocycles. The Balaban J connectivity index is 1.67. The van der Waals surface area contributed by atoms with Crippen LogP contribution in [0.3, 0.4) is 0 Å². The lowest BCUT2D eigenvalue weighted by Gasteiger charge is -2.14. The molecule has 0 bridgehead atoms. The molecule has 31 heavy (non-hydrogen) atoms.